The molecule has 0 N–H and O–H groups in total. The Kier molecular flexibility index (Phi) is 6.26. The molecule has 176 valence electrons. The first-order valence-electron chi connectivity index (χ1n) is 11.7. The lowest BCUT2D eigenvalue weighted by Gasteiger charge is -2.13. The van der Waals surface area contributed by atoms with Gasteiger partial charge in [0.15, 0.2) is 5.16 Å². The first kappa shape index (κ1) is 22.6. The second-order valence-corrected chi connectivity index (χ2v) is 11.7. The fourth-order valence-corrected chi connectivity index (χ4v) is 7.61. The van der Waals surface area contributed by atoms with Gasteiger partial charge < -0.3 is 0 Å². The molecule has 35 heavy (non-hydrogen) atoms. The van der Waals surface area contributed by atoms with Gasteiger partial charge in [-0.3, -0.25) is 14.3 Å². The van der Waals surface area contributed by atoms with Crippen LogP contribution in [0.3, 0.4) is 0 Å². The molecule has 0 saturated carbocycles. The molecule has 1 aliphatic carbocycles. The van der Waals surface area contributed by atoms with Gasteiger partial charge in [0.05, 0.1) is 17.6 Å². The van der Waals surface area contributed by atoms with Crippen LogP contribution in [-0.2, 0) is 25.1 Å². The van der Waals surface area contributed by atoms with Crippen LogP contribution in [0.5, 0.6) is 0 Å². The van der Waals surface area contributed by atoms with E-state index >= 15 is 0 Å². The number of aryl methyl sites for hydroxylation is 3. The minimum absolute atomic E-state index is 0.0762. The largest absolute Gasteiger partial charge is 0.283 e. The van der Waals surface area contributed by atoms with Gasteiger partial charge in [-0.05, 0) is 55.9 Å². The topological polar surface area (TPSA) is 60.7 Å². The Balaban J connectivity index is 1.35. The maximum absolute atomic E-state index is 13.8. The Morgan fingerprint density at radius 2 is 1.83 bits per heavy atom. The zero-order valence-electron chi connectivity index (χ0n) is 19.4. The van der Waals surface area contributed by atoms with E-state index in [2.05, 4.69) is 41.6 Å². The molecule has 8 heteroatoms. The molecule has 0 bridgehead atoms. The van der Waals surface area contributed by atoms with Gasteiger partial charge in [0.1, 0.15) is 9.84 Å². The Morgan fingerprint density at radius 1 is 1.03 bits per heavy atom. The first-order chi connectivity index (χ1) is 17.2. The summed E-state index contributed by atoms with van der Waals surface area (Å²) >= 11 is 4.95. The van der Waals surface area contributed by atoms with Gasteiger partial charge in [0, 0.05) is 34.0 Å². The molecule has 0 spiro atoms. The van der Waals surface area contributed by atoms with Crippen LogP contribution in [0.2, 0.25) is 0 Å². The lowest BCUT2D eigenvalue weighted by Crippen LogP contribution is -2.24. The van der Waals surface area contributed by atoms with Crippen LogP contribution in [0, 0.1) is 6.92 Å². The molecular formula is C27H24N4OS3. The number of benzene rings is 1. The van der Waals surface area contributed by atoms with Gasteiger partial charge >= 0.3 is 0 Å². The minimum Gasteiger partial charge on any atom is -0.283 e. The molecule has 0 atom stereocenters. The highest BCUT2D eigenvalue weighted by Crippen LogP contribution is 2.35. The number of aromatic nitrogens is 4. The zero-order chi connectivity index (χ0) is 23.8. The second kappa shape index (κ2) is 9.68. The molecule has 1 aliphatic rings. The number of hydrogen-bond donors (Lipinski definition) is 0. The highest BCUT2D eigenvalue weighted by Gasteiger charge is 2.22. The van der Waals surface area contributed by atoms with Gasteiger partial charge in [0.25, 0.3) is 5.56 Å². The van der Waals surface area contributed by atoms with E-state index in [1.165, 1.54) is 22.4 Å². The van der Waals surface area contributed by atoms with Gasteiger partial charge in [-0.15, -0.1) is 22.7 Å². The van der Waals surface area contributed by atoms with Gasteiger partial charge in [-0.1, -0.05) is 41.6 Å². The summed E-state index contributed by atoms with van der Waals surface area (Å²) in [7, 11) is 0. The molecule has 0 aliphatic heterocycles. The SMILES string of the molecule is Cc1ccc(-c2nc(CSc3nc4sc5c(c4c(=O)n3Cc3ccncc3)CCCC5)cs2)cc1. The monoisotopic (exact) mass is 516 g/mol. The second-order valence-electron chi connectivity index (χ2n) is 8.83. The molecule has 5 nitrogen and oxygen atoms in total. The Hall–Kier alpha value is -2.81. The summed E-state index contributed by atoms with van der Waals surface area (Å²) in [5, 5.41) is 4.71. The molecular weight excluding hydrogens is 493 g/mol. The number of pyridine rings is 1. The van der Waals surface area contributed by atoms with E-state index in [9.17, 15) is 4.79 Å². The third kappa shape index (κ3) is 4.58. The van der Waals surface area contributed by atoms with E-state index in [0.717, 1.165) is 56.5 Å². The average molecular weight is 517 g/mol. The van der Waals surface area contributed by atoms with Crippen molar-refractivity contribution in [2.24, 2.45) is 0 Å². The molecule has 0 amide bonds. The van der Waals surface area contributed by atoms with Crippen LogP contribution in [0.15, 0.2) is 64.1 Å². The van der Waals surface area contributed by atoms with E-state index in [-0.39, 0.29) is 5.56 Å². The standard InChI is InChI=1S/C27H24N4OS3/c1-17-6-8-19(9-7-17)24-29-20(15-33-24)16-34-27-30-25-23(21-4-2-3-5-22(21)35-25)26(32)31(27)14-18-10-12-28-13-11-18/h6-13,15H,2-5,14,16H2,1H3. The van der Waals surface area contributed by atoms with E-state index in [1.807, 2.05) is 16.7 Å². The van der Waals surface area contributed by atoms with Crippen molar-refractivity contribution >= 4 is 44.7 Å². The van der Waals surface area contributed by atoms with Crippen molar-refractivity contribution in [3.05, 3.63) is 91.8 Å². The van der Waals surface area contributed by atoms with Crippen LogP contribution < -0.4 is 5.56 Å². The summed E-state index contributed by atoms with van der Waals surface area (Å²) in [6.45, 7) is 2.58. The van der Waals surface area contributed by atoms with Crippen molar-refractivity contribution in [1.82, 2.24) is 19.5 Å². The molecule has 0 radical (unpaired) electrons. The highest BCUT2D eigenvalue weighted by molar-refractivity contribution is 7.98. The fraction of sp³-hybridized carbons (Fsp3) is 0.259. The number of rotatable bonds is 6. The van der Waals surface area contributed by atoms with Crippen LogP contribution in [0.4, 0.5) is 0 Å². The van der Waals surface area contributed by atoms with Crippen LogP contribution in [0.1, 0.15) is 40.1 Å². The summed E-state index contributed by atoms with van der Waals surface area (Å²) in [5.41, 5.74) is 5.74. The van der Waals surface area contributed by atoms with E-state index in [0.29, 0.717) is 12.3 Å². The number of thiophene rings is 1. The predicted molar refractivity (Wildman–Crippen MR) is 146 cm³/mol. The van der Waals surface area contributed by atoms with Crippen molar-refractivity contribution in [2.45, 2.75) is 50.1 Å². The zero-order valence-corrected chi connectivity index (χ0v) is 21.8. The van der Waals surface area contributed by atoms with E-state index in [4.69, 9.17) is 9.97 Å². The quantitative estimate of drug-likeness (QED) is 0.190. The predicted octanol–water partition coefficient (Wildman–Crippen LogP) is 6.50. The molecule has 1 aromatic carbocycles. The lowest BCUT2D eigenvalue weighted by molar-refractivity contribution is 0.655. The number of thioether (sulfide) groups is 1. The fourth-order valence-electron chi connectivity index (χ4n) is 4.48. The molecule has 0 unspecified atom stereocenters. The third-order valence-corrected chi connectivity index (χ3v) is 9.47. The Labute approximate surface area is 215 Å². The number of fused-ring (bicyclic) bond motifs is 3. The number of hydrogen-bond acceptors (Lipinski definition) is 7. The van der Waals surface area contributed by atoms with Crippen molar-refractivity contribution in [3.8, 4) is 10.6 Å². The Bertz CT molecular complexity index is 1550. The summed E-state index contributed by atoms with van der Waals surface area (Å²) in [6.07, 6.45) is 7.92. The minimum atomic E-state index is 0.0762. The molecule has 0 saturated heterocycles. The smallest absolute Gasteiger partial charge is 0.263 e. The Morgan fingerprint density at radius 3 is 2.66 bits per heavy atom. The van der Waals surface area contributed by atoms with Crippen molar-refractivity contribution in [1.29, 1.82) is 0 Å². The summed E-state index contributed by atoms with van der Waals surface area (Å²) in [6, 6.07) is 12.4. The van der Waals surface area contributed by atoms with Crippen molar-refractivity contribution < 1.29 is 0 Å². The van der Waals surface area contributed by atoms with Gasteiger partial charge in [-0.25, -0.2) is 9.97 Å². The van der Waals surface area contributed by atoms with Gasteiger partial charge in [0.2, 0.25) is 0 Å². The van der Waals surface area contributed by atoms with Crippen molar-refractivity contribution in [2.75, 3.05) is 0 Å². The molecule has 4 aromatic heterocycles. The maximum atomic E-state index is 13.8. The summed E-state index contributed by atoms with van der Waals surface area (Å²) in [4.78, 5) is 30.0. The number of thiazole rings is 1. The molecule has 6 rings (SSSR count). The normalized spacial score (nSPS) is 13.3. The van der Waals surface area contributed by atoms with Crippen molar-refractivity contribution in [3.63, 3.8) is 0 Å². The maximum Gasteiger partial charge on any atom is 0.263 e. The highest BCUT2D eigenvalue weighted by atomic mass is 32.2. The van der Waals surface area contributed by atoms with Crippen LogP contribution >= 0.6 is 34.4 Å². The molecule has 0 fully saturated rings. The van der Waals surface area contributed by atoms with Crippen LogP contribution in [-0.4, -0.2) is 19.5 Å². The molecule has 5 aromatic rings. The number of nitrogens with zero attached hydrogens (tertiary/aromatic N) is 4. The summed E-state index contributed by atoms with van der Waals surface area (Å²) in [5.74, 6) is 0.668. The summed E-state index contributed by atoms with van der Waals surface area (Å²) < 4.78 is 1.84. The van der Waals surface area contributed by atoms with Crippen LogP contribution in [0.25, 0.3) is 20.8 Å². The first-order valence-corrected chi connectivity index (χ1v) is 14.4. The third-order valence-electron chi connectivity index (χ3n) is 6.33. The lowest BCUT2D eigenvalue weighted by atomic mass is 9.97. The average Bonchev–Trinajstić information content (AvgIpc) is 3.50. The van der Waals surface area contributed by atoms with E-state index < -0.39 is 0 Å². The van der Waals surface area contributed by atoms with E-state index in [1.54, 1.807) is 46.8 Å². The molecule has 4 heterocycles. The van der Waals surface area contributed by atoms with Gasteiger partial charge in [-0.2, -0.15) is 0 Å².